The summed E-state index contributed by atoms with van der Waals surface area (Å²) in [5.74, 6) is 0.784. The summed E-state index contributed by atoms with van der Waals surface area (Å²) in [6.45, 7) is 1.45. The highest BCUT2D eigenvalue weighted by atomic mass is 127. The molecule has 0 unspecified atom stereocenters. The Kier molecular flexibility index (Phi) is 7.42. The molecule has 102 valence electrons. The number of halogens is 1. The Morgan fingerprint density at radius 2 is 2.11 bits per heavy atom. The molecule has 2 aromatic heterocycles. The number of nitrogens with zero attached hydrogens (tertiary/aromatic N) is 2. The van der Waals surface area contributed by atoms with Crippen molar-refractivity contribution in [3.8, 4) is 0 Å². The molecule has 0 aromatic carbocycles. The molecule has 6 heteroatoms. The summed E-state index contributed by atoms with van der Waals surface area (Å²) >= 11 is 1.70. The van der Waals surface area contributed by atoms with Crippen LogP contribution in [0.4, 0.5) is 0 Å². The molecule has 0 aliphatic heterocycles. The van der Waals surface area contributed by atoms with Gasteiger partial charge in [-0.1, -0.05) is 6.07 Å². The number of thiophene rings is 1. The summed E-state index contributed by atoms with van der Waals surface area (Å²) in [5.41, 5.74) is 2.26. The molecule has 0 aliphatic carbocycles. The highest BCUT2D eigenvalue weighted by molar-refractivity contribution is 14.0. The minimum atomic E-state index is 0. The number of hydrogen-bond acceptors (Lipinski definition) is 3. The fourth-order valence-corrected chi connectivity index (χ4v) is 2.15. The molecule has 0 aliphatic rings. The van der Waals surface area contributed by atoms with Crippen molar-refractivity contribution < 1.29 is 0 Å². The Balaban J connectivity index is 0.00000180. The zero-order valence-electron chi connectivity index (χ0n) is 10.7. The van der Waals surface area contributed by atoms with Crippen molar-refractivity contribution in [1.29, 1.82) is 0 Å². The molecule has 2 N–H and O–H groups in total. The maximum absolute atomic E-state index is 4.25. The smallest absolute Gasteiger partial charge is 0.191 e. The lowest BCUT2D eigenvalue weighted by molar-refractivity contribution is 0.795. The summed E-state index contributed by atoms with van der Waals surface area (Å²) in [6.07, 6.45) is 1.79. The van der Waals surface area contributed by atoms with Crippen LogP contribution in [0.2, 0.25) is 0 Å². The van der Waals surface area contributed by atoms with Gasteiger partial charge in [0.1, 0.15) is 0 Å². The Morgan fingerprint density at radius 1 is 1.26 bits per heavy atom. The summed E-state index contributed by atoms with van der Waals surface area (Å²) in [5, 5.41) is 10.7. The molecule has 2 rings (SSSR count). The number of pyridine rings is 1. The number of rotatable bonds is 4. The Morgan fingerprint density at radius 3 is 2.74 bits per heavy atom. The maximum atomic E-state index is 4.25. The van der Waals surface area contributed by atoms with Crippen LogP contribution in [-0.4, -0.2) is 18.0 Å². The second-order valence-corrected chi connectivity index (χ2v) is 4.51. The van der Waals surface area contributed by atoms with E-state index in [-0.39, 0.29) is 24.0 Å². The van der Waals surface area contributed by atoms with E-state index in [0.717, 1.165) is 18.2 Å². The summed E-state index contributed by atoms with van der Waals surface area (Å²) in [6, 6.07) is 7.97. The minimum Gasteiger partial charge on any atom is -0.352 e. The predicted molar refractivity (Wildman–Crippen MR) is 91.0 cm³/mol. The van der Waals surface area contributed by atoms with Crippen LogP contribution in [0.1, 0.15) is 11.3 Å². The molecule has 2 aromatic rings. The van der Waals surface area contributed by atoms with Gasteiger partial charge in [-0.2, -0.15) is 11.3 Å². The monoisotopic (exact) mass is 388 g/mol. The fraction of sp³-hybridized carbons (Fsp3) is 0.231. The number of nitrogens with one attached hydrogen (secondary N) is 2. The molecule has 19 heavy (non-hydrogen) atoms. The lowest BCUT2D eigenvalue weighted by Gasteiger charge is -2.10. The van der Waals surface area contributed by atoms with Gasteiger partial charge in [-0.3, -0.25) is 9.98 Å². The van der Waals surface area contributed by atoms with Crippen LogP contribution in [0.25, 0.3) is 0 Å². The van der Waals surface area contributed by atoms with Gasteiger partial charge in [0.15, 0.2) is 5.96 Å². The molecule has 0 amide bonds. The van der Waals surface area contributed by atoms with Crippen LogP contribution >= 0.6 is 35.3 Å². The van der Waals surface area contributed by atoms with E-state index in [1.165, 1.54) is 5.56 Å². The van der Waals surface area contributed by atoms with Crippen LogP contribution in [0, 0.1) is 0 Å². The average molecular weight is 388 g/mol. The summed E-state index contributed by atoms with van der Waals surface area (Å²) < 4.78 is 0. The standard InChI is InChI=1S/C13H16N4S.HI/c1-14-13(16-8-11-5-7-18-10-11)17-9-12-4-2-3-6-15-12;/h2-7,10H,8-9H2,1H3,(H2,14,16,17);1H. The van der Waals surface area contributed by atoms with Gasteiger partial charge in [-0.15, -0.1) is 24.0 Å². The number of guanidine groups is 1. The first-order valence-electron chi connectivity index (χ1n) is 5.74. The van der Waals surface area contributed by atoms with Gasteiger partial charge in [0.25, 0.3) is 0 Å². The van der Waals surface area contributed by atoms with Crippen molar-refractivity contribution in [2.45, 2.75) is 13.1 Å². The van der Waals surface area contributed by atoms with E-state index in [9.17, 15) is 0 Å². The molecule has 0 radical (unpaired) electrons. The molecule has 0 saturated carbocycles. The van der Waals surface area contributed by atoms with Gasteiger partial charge >= 0.3 is 0 Å². The molecule has 2 heterocycles. The SMILES string of the molecule is CN=C(NCc1ccsc1)NCc1ccccn1.I. The molecule has 0 spiro atoms. The third-order valence-corrected chi connectivity index (χ3v) is 3.16. The average Bonchev–Trinajstić information content (AvgIpc) is 2.93. The molecule has 4 nitrogen and oxygen atoms in total. The molecule has 0 fully saturated rings. The van der Waals surface area contributed by atoms with E-state index < -0.39 is 0 Å². The van der Waals surface area contributed by atoms with E-state index in [1.54, 1.807) is 24.6 Å². The summed E-state index contributed by atoms with van der Waals surface area (Å²) in [7, 11) is 1.77. The first-order valence-corrected chi connectivity index (χ1v) is 6.68. The van der Waals surface area contributed by atoms with Crippen molar-refractivity contribution in [2.75, 3.05) is 7.05 Å². The predicted octanol–water partition coefficient (Wildman–Crippen LogP) is 2.63. The van der Waals surface area contributed by atoms with Crippen LogP contribution in [-0.2, 0) is 13.1 Å². The Labute approximate surface area is 134 Å². The topological polar surface area (TPSA) is 49.3 Å². The van der Waals surface area contributed by atoms with Gasteiger partial charge in [0.2, 0.25) is 0 Å². The quantitative estimate of drug-likeness (QED) is 0.481. The highest BCUT2D eigenvalue weighted by Gasteiger charge is 1.99. The molecule has 0 bridgehead atoms. The van der Waals surface area contributed by atoms with E-state index in [2.05, 4.69) is 37.4 Å². The molecule has 0 atom stereocenters. The van der Waals surface area contributed by atoms with Crippen LogP contribution in [0.3, 0.4) is 0 Å². The second-order valence-electron chi connectivity index (χ2n) is 3.73. The lowest BCUT2D eigenvalue weighted by Crippen LogP contribution is -2.36. The van der Waals surface area contributed by atoms with Crippen molar-refractivity contribution in [3.05, 3.63) is 52.5 Å². The minimum absolute atomic E-state index is 0. The normalized spacial score (nSPS) is 10.7. The molecular formula is C13H17IN4S. The van der Waals surface area contributed by atoms with Gasteiger partial charge in [-0.05, 0) is 34.5 Å². The molecular weight excluding hydrogens is 371 g/mol. The zero-order chi connectivity index (χ0) is 12.6. The van der Waals surface area contributed by atoms with Gasteiger partial charge < -0.3 is 10.6 Å². The molecule has 0 saturated heterocycles. The zero-order valence-corrected chi connectivity index (χ0v) is 13.8. The fourth-order valence-electron chi connectivity index (χ4n) is 1.48. The van der Waals surface area contributed by atoms with E-state index in [1.807, 2.05) is 18.2 Å². The number of aromatic nitrogens is 1. The first-order chi connectivity index (χ1) is 8.88. The third-order valence-electron chi connectivity index (χ3n) is 2.43. The Bertz CT molecular complexity index is 485. The van der Waals surface area contributed by atoms with E-state index in [4.69, 9.17) is 0 Å². The van der Waals surface area contributed by atoms with Crippen LogP contribution in [0.5, 0.6) is 0 Å². The largest absolute Gasteiger partial charge is 0.352 e. The Hall–Kier alpha value is -1.15. The van der Waals surface area contributed by atoms with Gasteiger partial charge in [0, 0.05) is 19.8 Å². The lowest BCUT2D eigenvalue weighted by atomic mass is 10.3. The van der Waals surface area contributed by atoms with Crippen molar-refractivity contribution >= 4 is 41.3 Å². The van der Waals surface area contributed by atoms with Crippen LogP contribution < -0.4 is 10.6 Å². The van der Waals surface area contributed by atoms with Crippen molar-refractivity contribution in [3.63, 3.8) is 0 Å². The summed E-state index contributed by atoms with van der Waals surface area (Å²) in [4.78, 5) is 8.42. The highest BCUT2D eigenvalue weighted by Crippen LogP contribution is 2.04. The second kappa shape index (κ2) is 8.87. The van der Waals surface area contributed by atoms with Gasteiger partial charge in [0.05, 0.1) is 12.2 Å². The maximum Gasteiger partial charge on any atom is 0.191 e. The van der Waals surface area contributed by atoms with E-state index in [0.29, 0.717) is 6.54 Å². The first kappa shape index (κ1) is 15.9. The van der Waals surface area contributed by atoms with Gasteiger partial charge in [-0.25, -0.2) is 0 Å². The number of hydrogen-bond donors (Lipinski definition) is 2. The van der Waals surface area contributed by atoms with Crippen molar-refractivity contribution in [2.24, 2.45) is 4.99 Å². The number of aliphatic imine (C=N–C) groups is 1. The van der Waals surface area contributed by atoms with E-state index >= 15 is 0 Å². The van der Waals surface area contributed by atoms with Crippen molar-refractivity contribution in [1.82, 2.24) is 15.6 Å². The van der Waals surface area contributed by atoms with Crippen LogP contribution in [0.15, 0.2) is 46.2 Å². The third kappa shape index (κ3) is 5.56.